The Morgan fingerprint density at radius 3 is 2.53 bits per heavy atom. The van der Waals surface area contributed by atoms with Gasteiger partial charge in [0.2, 0.25) is 11.8 Å². The fourth-order valence-electron chi connectivity index (χ4n) is 1.68. The van der Waals surface area contributed by atoms with E-state index in [1.807, 2.05) is 6.92 Å². The summed E-state index contributed by atoms with van der Waals surface area (Å²) in [5.41, 5.74) is 0. The van der Waals surface area contributed by atoms with E-state index in [9.17, 15) is 14.4 Å². The molecule has 0 aliphatic carbocycles. The second-order valence-electron chi connectivity index (χ2n) is 3.75. The highest BCUT2D eigenvalue weighted by atomic mass is 16.2. The van der Waals surface area contributed by atoms with Crippen molar-refractivity contribution in [1.82, 2.24) is 9.80 Å². The summed E-state index contributed by atoms with van der Waals surface area (Å²) in [4.78, 5) is 37.1. The van der Waals surface area contributed by atoms with Gasteiger partial charge < -0.3 is 9.80 Å². The van der Waals surface area contributed by atoms with E-state index in [4.69, 9.17) is 0 Å². The van der Waals surface area contributed by atoms with Gasteiger partial charge >= 0.3 is 0 Å². The quantitative estimate of drug-likeness (QED) is 0.642. The Labute approximate surface area is 89.0 Å². The zero-order valence-corrected chi connectivity index (χ0v) is 9.32. The molecule has 1 saturated heterocycles. The fraction of sp³-hybridized carbons (Fsp3) is 0.700. The molecule has 0 aromatic carbocycles. The summed E-state index contributed by atoms with van der Waals surface area (Å²) in [6.45, 7) is 5.55. The number of rotatable bonds is 3. The van der Waals surface area contributed by atoms with Crippen molar-refractivity contribution in [2.45, 2.75) is 26.8 Å². The SMILES string of the molecule is CCN1CC(=O)N(CC(C)=O)C(C)C1=O. The Morgan fingerprint density at radius 1 is 1.47 bits per heavy atom. The average molecular weight is 212 g/mol. The van der Waals surface area contributed by atoms with Crippen molar-refractivity contribution in [3.8, 4) is 0 Å². The van der Waals surface area contributed by atoms with E-state index in [1.165, 1.54) is 16.7 Å². The van der Waals surface area contributed by atoms with E-state index in [2.05, 4.69) is 0 Å². The number of hydrogen-bond donors (Lipinski definition) is 0. The van der Waals surface area contributed by atoms with Crippen LogP contribution in [0.5, 0.6) is 0 Å². The van der Waals surface area contributed by atoms with Crippen LogP contribution in [0.15, 0.2) is 0 Å². The van der Waals surface area contributed by atoms with Gasteiger partial charge in [-0.2, -0.15) is 0 Å². The third kappa shape index (κ3) is 2.34. The highest BCUT2D eigenvalue weighted by Crippen LogP contribution is 2.11. The maximum atomic E-state index is 11.7. The summed E-state index contributed by atoms with van der Waals surface area (Å²) >= 11 is 0. The second kappa shape index (κ2) is 4.42. The maximum absolute atomic E-state index is 11.7. The van der Waals surface area contributed by atoms with E-state index in [-0.39, 0.29) is 30.7 Å². The Hall–Kier alpha value is -1.39. The lowest BCUT2D eigenvalue weighted by atomic mass is 10.1. The first kappa shape index (κ1) is 11.7. The zero-order valence-electron chi connectivity index (χ0n) is 9.32. The average Bonchev–Trinajstić information content (AvgIpc) is 2.18. The summed E-state index contributed by atoms with van der Waals surface area (Å²) in [5.74, 6) is -0.342. The minimum absolute atomic E-state index is 0.0310. The van der Waals surface area contributed by atoms with E-state index in [0.29, 0.717) is 6.54 Å². The number of ketones is 1. The molecule has 1 aliphatic rings. The third-order valence-corrected chi connectivity index (χ3v) is 2.56. The number of carbonyl (C=O) groups is 3. The summed E-state index contributed by atoms with van der Waals surface area (Å²) < 4.78 is 0. The molecule has 0 saturated carbocycles. The van der Waals surface area contributed by atoms with E-state index >= 15 is 0 Å². The number of Topliss-reactive ketones (excluding diaryl/α,β-unsaturated/α-hetero) is 1. The zero-order chi connectivity index (χ0) is 11.6. The Bertz CT molecular complexity index is 301. The molecular weight excluding hydrogens is 196 g/mol. The molecule has 0 aromatic rings. The topological polar surface area (TPSA) is 57.7 Å². The van der Waals surface area contributed by atoms with Crippen molar-refractivity contribution in [2.75, 3.05) is 19.6 Å². The molecule has 1 aliphatic heterocycles. The van der Waals surface area contributed by atoms with Crippen molar-refractivity contribution in [1.29, 1.82) is 0 Å². The van der Waals surface area contributed by atoms with Crippen molar-refractivity contribution >= 4 is 17.6 Å². The Morgan fingerprint density at radius 2 is 2.07 bits per heavy atom. The maximum Gasteiger partial charge on any atom is 0.245 e. The van der Waals surface area contributed by atoms with Crippen molar-refractivity contribution in [2.24, 2.45) is 0 Å². The van der Waals surface area contributed by atoms with Gasteiger partial charge in [-0.3, -0.25) is 14.4 Å². The lowest BCUT2D eigenvalue weighted by Crippen LogP contribution is -2.59. The largest absolute Gasteiger partial charge is 0.332 e. The lowest BCUT2D eigenvalue weighted by molar-refractivity contribution is -0.155. The van der Waals surface area contributed by atoms with Crippen LogP contribution in [-0.4, -0.2) is 53.1 Å². The molecule has 0 spiro atoms. The monoisotopic (exact) mass is 212 g/mol. The molecule has 1 rings (SSSR count). The van der Waals surface area contributed by atoms with Gasteiger partial charge in [0.25, 0.3) is 0 Å². The molecule has 1 unspecified atom stereocenters. The molecule has 0 bridgehead atoms. The highest BCUT2D eigenvalue weighted by molar-refractivity contribution is 5.96. The van der Waals surface area contributed by atoms with Gasteiger partial charge in [-0.15, -0.1) is 0 Å². The number of nitrogens with zero attached hydrogens (tertiary/aromatic N) is 2. The van der Waals surface area contributed by atoms with Gasteiger partial charge in [0.05, 0.1) is 13.1 Å². The lowest BCUT2D eigenvalue weighted by Gasteiger charge is -2.37. The number of hydrogen-bond acceptors (Lipinski definition) is 3. The van der Waals surface area contributed by atoms with Crippen LogP contribution in [0.4, 0.5) is 0 Å². The van der Waals surface area contributed by atoms with Crippen molar-refractivity contribution in [3.63, 3.8) is 0 Å². The Balaban J connectivity index is 2.79. The van der Waals surface area contributed by atoms with Crippen LogP contribution in [0.1, 0.15) is 20.8 Å². The molecule has 1 fully saturated rings. The Kier molecular flexibility index (Phi) is 3.44. The summed E-state index contributed by atoms with van der Waals surface area (Å²) in [6.07, 6.45) is 0. The van der Waals surface area contributed by atoms with Gasteiger partial charge in [-0.05, 0) is 20.8 Å². The standard InChI is InChI=1S/C10H16N2O3/c1-4-11-6-9(14)12(5-7(2)13)8(3)10(11)15/h8H,4-6H2,1-3H3. The summed E-state index contributed by atoms with van der Waals surface area (Å²) in [7, 11) is 0. The summed E-state index contributed by atoms with van der Waals surface area (Å²) in [5, 5.41) is 0. The molecule has 0 radical (unpaired) electrons. The molecule has 1 atom stereocenters. The van der Waals surface area contributed by atoms with Crippen LogP contribution in [0, 0.1) is 0 Å². The van der Waals surface area contributed by atoms with Gasteiger partial charge in [-0.1, -0.05) is 0 Å². The fourth-order valence-corrected chi connectivity index (χ4v) is 1.68. The van der Waals surface area contributed by atoms with Gasteiger partial charge in [0, 0.05) is 6.54 Å². The number of piperazine rings is 1. The van der Waals surface area contributed by atoms with Gasteiger partial charge in [0.15, 0.2) is 0 Å². The molecule has 5 nitrogen and oxygen atoms in total. The molecule has 0 aromatic heterocycles. The predicted octanol–water partition coefficient (Wildman–Crippen LogP) is -0.345. The van der Waals surface area contributed by atoms with Crippen LogP contribution in [0.25, 0.3) is 0 Å². The summed E-state index contributed by atoms with van der Waals surface area (Å²) in [6, 6.07) is -0.518. The first-order valence-electron chi connectivity index (χ1n) is 5.05. The molecule has 2 amide bonds. The van der Waals surface area contributed by atoms with Gasteiger partial charge in [-0.25, -0.2) is 0 Å². The van der Waals surface area contributed by atoms with Crippen LogP contribution >= 0.6 is 0 Å². The minimum atomic E-state index is -0.518. The molecule has 5 heteroatoms. The van der Waals surface area contributed by atoms with Crippen LogP contribution in [-0.2, 0) is 14.4 Å². The smallest absolute Gasteiger partial charge is 0.245 e. The first-order chi connectivity index (χ1) is 6.97. The minimum Gasteiger partial charge on any atom is -0.332 e. The molecule has 84 valence electrons. The van der Waals surface area contributed by atoms with Crippen molar-refractivity contribution in [3.05, 3.63) is 0 Å². The van der Waals surface area contributed by atoms with Crippen LogP contribution in [0.3, 0.4) is 0 Å². The van der Waals surface area contributed by atoms with Gasteiger partial charge in [0.1, 0.15) is 11.8 Å². The molecular formula is C10H16N2O3. The second-order valence-corrected chi connectivity index (χ2v) is 3.75. The first-order valence-corrected chi connectivity index (χ1v) is 5.05. The van der Waals surface area contributed by atoms with Crippen molar-refractivity contribution < 1.29 is 14.4 Å². The number of amides is 2. The normalized spacial score (nSPS) is 22.2. The predicted molar refractivity (Wildman–Crippen MR) is 54.1 cm³/mol. The van der Waals surface area contributed by atoms with E-state index in [0.717, 1.165) is 0 Å². The highest BCUT2D eigenvalue weighted by Gasteiger charge is 2.35. The molecule has 15 heavy (non-hydrogen) atoms. The number of carbonyl (C=O) groups excluding carboxylic acids is 3. The van der Waals surface area contributed by atoms with E-state index in [1.54, 1.807) is 6.92 Å². The van der Waals surface area contributed by atoms with Crippen LogP contribution in [0.2, 0.25) is 0 Å². The number of likely N-dealkylation sites (N-methyl/N-ethyl adjacent to an activating group) is 1. The molecule has 1 heterocycles. The molecule has 0 N–H and O–H groups in total. The third-order valence-electron chi connectivity index (χ3n) is 2.56. The van der Waals surface area contributed by atoms with E-state index < -0.39 is 6.04 Å². The van der Waals surface area contributed by atoms with Crippen LogP contribution < -0.4 is 0 Å².